The van der Waals surface area contributed by atoms with Crippen LogP contribution in [0.4, 0.5) is 4.39 Å². The Balaban J connectivity index is 2.19. The van der Waals surface area contributed by atoms with Gasteiger partial charge in [0.05, 0.1) is 11.1 Å². The topological polar surface area (TPSA) is 29.1 Å². The van der Waals surface area contributed by atoms with Crippen molar-refractivity contribution in [3.63, 3.8) is 0 Å². The van der Waals surface area contributed by atoms with Gasteiger partial charge in [-0.25, -0.2) is 4.39 Å². The van der Waals surface area contributed by atoms with Crippen LogP contribution < -0.4 is 5.32 Å². The lowest BCUT2D eigenvalue weighted by molar-refractivity contribution is 0.0905. The first-order chi connectivity index (χ1) is 8.58. The summed E-state index contributed by atoms with van der Waals surface area (Å²) in [5.74, 6) is -0.428. The number of nitrogens with one attached hydrogen (secondary N) is 1. The van der Waals surface area contributed by atoms with Crippen LogP contribution in [0.25, 0.3) is 0 Å². The summed E-state index contributed by atoms with van der Waals surface area (Å²) in [4.78, 5) is 12.1. The third kappa shape index (κ3) is 2.51. The predicted molar refractivity (Wildman–Crippen MR) is 70.5 cm³/mol. The lowest BCUT2D eigenvalue weighted by Crippen LogP contribution is -2.48. The molecule has 0 radical (unpaired) electrons. The molecule has 0 heterocycles. The Morgan fingerprint density at radius 3 is 2.72 bits per heavy atom. The summed E-state index contributed by atoms with van der Waals surface area (Å²) < 4.78 is 13.9. The van der Waals surface area contributed by atoms with E-state index in [0.29, 0.717) is 11.4 Å². The molecule has 2 nitrogen and oxygen atoms in total. The number of alkyl halides is 1. The van der Waals surface area contributed by atoms with Crippen molar-refractivity contribution in [3.05, 3.63) is 35.1 Å². The largest absolute Gasteiger partial charge is 0.345 e. The van der Waals surface area contributed by atoms with E-state index < -0.39 is 5.82 Å². The third-order valence-electron chi connectivity index (χ3n) is 3.63. The van der Waals surface area contributed by atoms with Gasteiger partial charge < -0.3 is 5.32 Å². The van der Waals surface area contributed by atoms with E-state index in [9.17, 15) is 9.18 Å². The average Bonchev–Trinajstić information content (AvgIpc) is 2.81. The van der Waals surface area contributed by atoms with Crippen molar-refractivity contribution >= 4 is 17.5 Å². The van der Waals surface area contributed by atoms with E-state index in [1.807, 2.05) is 0 Å². The van der Waals surface area contributed by atoms with Gasteiger partial charge >= 0.3 is 0 Å². The molecule has 18 heavy (non-hydrogen) atoms. The summed E-state index contributed by atoms with van der Waals surface area (Å²) in [6, 6.07) is 4.85. The smallest absolute Gasteiger partial charge is 0.254 e. The highest BCUT2D eigenvalue weighted by Gasteiger charge is 2.35. The molecule has 1 N–H and O–H groups in total. The van der Waals surface area contributed by atoms with Gasteiger partial charge in [0.1, 0.15) is 5.82 Å². The van der Waals surface area contributed by atoms with Crippen LogP contribution >= 0.6 is 11.6 Å². The van der Waals surface area contributed by atoms with Gasteiger partial charge in [0.15, 0.2) is 0 Å². The number of hydrogen-bond acceptors (Lipinski definition) is 1. The second-order valence-corrected chi connectivity index (χ2v) is 5.28. The minimum atomic E-state index is -0.447. The number of rotatable bonds is 3. The van der Waals surface area contributed by atoms with Gasteiger partial charge in [-0.1, -0.05) is 25.0 Å². The molecule has 0 bridgehead atoms. The maximum Gasteiger partial charge on any atom is 0.254 e. The molecule has 0 aliphatic heterocycles. The molecule has 1 aromatic rings. The highest BCUT2D eigenvalue weighted by atomic mass is 35.5. The molecule has 0 spiro atoms. The van der Waals surface area contributed by atoms with Crippen LogP contribution in [0.15, 0.2) is 18.2 Å². The molecule has 1 aliphatic carbocycles. The number of hydrogen-bond donors (Lipinski definition) is 1. The minimum absolute atomic E-state index is 0.103. The van der Waals surface area contributed by atoms with E-state index in [1.54, 1.807) is 19.1 Å². The first kappa shape index (κ1) is 13.3. The Labute approximate surface area is 112 Å². The Morgan fingerprint density at radius 2 is 2.11 bits per heavy atom. The van der Waals surface area contributed by atoms with Crippen molar-refractivity contribution in [2.45, 2.75) is 38.1 Å². The second-order valence-electron chi connectivity index (χ2n) is 5.01. The van der Waals surface area contributed by atoms with Crippen molar-refractivity contribution in [1.82, 2.24) is 5.32 Å². The Hall–Kier alpha value is -1.09. The van der Waals surface area contributed by atoms with Gasteiger partial charge in [0.2, 0.25) is 0 Å². The molecule has 1 fully saturated rings. The number of benzene rings is 1. The number of carbonyl (C=O) groups excluding carboxylic acids is 1. The van der Waals surface area contributed by atoms with Gasteiger partial charge in [-0.3, -0.25) is 4.79 Å². The molecule has 2 rings (SSSR count). The number of aryl methyl sites for hydroxylation is 1. The standard InChI is InChI=1S/C14H17ClFNO/c1-10-5-4-6-11(12(10)16)13(18)17-14(9-15)7-2-3-8-14/h4-6H,2-3,7-9H2,1H3,(H,17,18). The number of halogens is 2. The first-order valence-corrected chi connectivity index (χ1v) is 6.75. The zero-order valence-electron chi connectivity index (χ0n) is 10.4. The van der Waals surface area contributed by atoms with E-state index in [0.717, 1.165) is 25.7 Å². The van der Waals surface area contributed by atoms with Crippen LogP contribution in [0.2, 0.25) is 0 Å². The summed E-state index contributed by atoms with van der Waals surface area (Å²) in [5, 5.41) is 2.92. The second kappa shape index (κ2) is 5.27. The van der Waals surface area contributed by atoms with Crippen molar-refractivity contribution < 1.29 is 9.18 Å². The zero-order chi connectivity index (χ0) is 13.2. The predicted octanol–water partition coefficient (Wildman–Crippen LogP) is 3.42. The number of carbonyl (C=O) groups is 1. The van der Waals surface area contributed by atoms with E-state index in [1.165, 1.54) is 6.07 Å². The van der Waals surface area contributed by atoms with Crippen molar-refractivity contribution in [2.24, 2.45) is 0 Å². The Bertz CT molecular complexity index is 455. The van der Waals surface area contributed by atoms with Crippen LogP contribution in [0.3, 0.4) is 0 Å². The van der Waals surface area contributed by atoms with E-state index >= 15 is 0 Å². The van der Waals surface area contributed by atoms with E-state index in [-0.39, 0.29) is 17.0 Å². The van der Waals surface area contributed by atoms with E-state index in [2.05, 4.69) is 5.32 Å². The highest BCUT2D eigenvalue weighted by molar-refractivity contribution is 6.19. The zero-order valence-corrected chi connectivity index (χ0v) is 11.2. The Morgan fingerprint density at radius 1 is 1.44 bits per heavy atom. The monoisotopic (exact) mass is 269 g/mol. The van der Waals surface area contributed by atoms with Crippen LogP contribution in [0.1, 0.15) is 41.6 Å². The van der Waals surface area contributed by atoms with Crippen molar-refractivity contribution in [2.75, 3.05) is 5.88 Å². The molecule has 98 valence electrons. The molecule has 0 unspecified atom stereocenters. The molecule has 1 aromatic carbocycles. The van der Waals surface area contributed by atoms with Crippen LogP contribution in [-0.4, -0.2) is 17.3 Å². The van der Waals surface area contributed by atoms with E-state index in [4.69, 9.17) is 11.6 Å². The van der Waals surface area contributed by atoms with Crippen LogP contribution in [0, 0.1) is 12.7 Å². The fourth-order valence-electron chi connectivity index (χ4n) is 2.47. The highest BCUT2D eigenvalue weighted by Crippen LogP contribution is 2.31. The molecule has 0 atom stereocenters. The summed E-state index contributed by atoms with van der Waals surface area (Å²) in [6.45, 7) is 1.65. The van der Waals surface area contributed by atoms with Crippen molar-refractivity contribution in [3.8, 4) is 0 Å². The van der Waals surface area contributed by atoms with Crippen LogP contribution in [-0.2, 0) is 0 Å². The van der Waals surface area contributed by atoms with Crippen LogP contribution in [0.5, 0.6) is 0 Å². The van der Waals surface area contributed by atoms with Gasteiger partial charge in [0, 0.05) is 5.88 Å². The lowest BCUT2D eigenvalue weighted by atomic mass is 9.99. The van der Waals surface area contributed by atoms with Gasteiger partial charge in [-0.15, -0.1) is 11.6 Å². The molecule has 1 aliphatic rings. The molecular formula is C14H17ClFNO. The summed E-state index contributed by atoms with van der Waals surface area (Å²) in [5.41, 5.74) is 0.231. The summed E-state index contributed by atoms with van der Waals surface area (Å²) in [6.07, 6.45) is 3.86. The SMILES string of the molecule is Cc1cccc(C(=O)NC2(CCl)CCCC2)c1F. The average molecular weight is 270 g/mol. The third-order valence-corrected chi connectivity index (χ3v) is 4.14. The molecule has 0 saturated heterocycles. The van der Waals surface area contributed by atoms with Gasteiger partial charge in [0.25, 0.3) is 5.91 Å². The molecule has 1 saturated carbocycles. The molecule has 4 heteroatoms. The maximum absolute atomic E-state index is 13.9. The summed E-state index contributed by atoms with van der Waals surface area (Å²) >= 11 is 5.96. The van der Waals surface area contributed by atoms with Gasteiger partial charge in [-0.2, -0.15) is 0 Å². The lowest BCUT2D eigenvalue weighted by Gasteiger charge is -2.28. The van der Waals surface area contributed by atoms with Gasteiger partial charge in [-0.05, 0) is 31.4 Å². The molecule has 1 amide bonds. The fourth-order valence-corrected chi connectivity index (χ4v) is 2.81. The molecule has 0 aromatic heterocycles. The quantitative estimate of drug-likeness (QED) is 0.837. The summed E-state index contributed by atoms with van der Waals surface area (Å²) in [7, 11) is 0. The van der Waals surface area contributed by atoms with Crippen molar-refractivity contribution in [1.29, 1.82) is 0 Å². The Kier molecular flexibility index (Phi) is 3.91. The molecular weight excluding hydrogens is 253 g/mol. The number of amides is 1. The first-order valence-electron chi connectivity index (χ1n) is 6.22. The fraction of sp³-hybridized carbons (Fsp3) is 0.500. The normalized spacial score (nSPS) is 17.7. The maximum atomic E-state index is 13.9. The minimum Gasteiger partial charge on any atom is -0.345 e.